The molecule has 0 spiro atoms. The van der Waals surface area contributed by atoms with E-state index in [4.69, 9.17) is 16.0 Å². The molecule has 0 fully saturated rings. The van der Waals surface area contributed by atoms with Crippen LogP contribution in [0.15, 0.2) is 33.4 Å². The van der Waals surface area contributed by atoms with Gasteiger partial charge in [0.05, 0.1) is 17.3 Å². The Labute approximate surface area is 110 Å². The van der Waals surface area contributed by atoms with Gasteiger partial charge in [-0.15, -0.1) is 0 Å². The lowest BCUT2D eigenvalue weighted by Gasteiger charge is -2.08. The van der Waals surface area contributed by atoms with Crippen LogP contribution in [-0.4, -0.2) is 0 Å². The SMILES string of the molecule is Fc1cc(F)c(NCc2ccc(Br)o2)c(Cl)c1. The van der Waals surface area contributed by atoms with Gasteiger partial charge in [0.15, 0.2) is 10.5 Å². The maximum Gasteiger partial charge on any atom is 0.169 e. The van der Waals surface area contributed by atoms with E-state index in [1.165, 1.54) is 0 Å². The van der Waals surface area contributed by atoms with Gasteiger partial charge in [-0.2, -0.15) is 0 Å². The number of benzene rings is 1. The summed E-state index contributed by atoms with van der Waals surface area (Å²) >= 11 is 8.88. The van der Waals surface area contributed by atoms with Crippen molar-refractivity contribution in [1.29, 1.82) is 0 Å². The molecule has 17 heavy (non-hydrogen) atoms. The normalized spacial score (nSPS) is 10.6. The molecule has 6 heteroatoms. The lowest BCUT2D eigenvalue weighted by Crippen LogP contribution is -2.01. The second kappa shape index (κ2) is 5.06. The Morgan fingerprint density at radius 3 is 2.65 bits per heavy atom. The summed E-state index contributed by atoms with van der Waals surface area (Å²) in [5.74, 6) is -0.837. The van der Waals surface area contributed by atoms with Crippen LogP contribution in [0.25, 0.3) is 0 Å². The second-order valence-electron chi connectivity index (χ2n) is 3.30. The van der Waals surface area contributed by atoms with E-state index in [0.29, 0.717) is 10.4 Å². The van der Waals surface area contributed by atoms with Crippen LogP contribution in [0.2, 0.25) is 5.02 Å². The van der Waals surface area contributed by atoms with Gasteiger partial charge in [-0.3, -0.25) is 0 Å². The Morgan fingerprint density at radius 1 is 1.29 bits per heavy atom. The number of anilines is 1. The number of nitrogens with one attached hydrogen (secondary N) is 1. The molecule has 1 N–H and O–H groups in total. The zero-order valence-electron chi connectivity index (χ0n) is 8.44. The smallest absolute Gasteiger partial charge is 0.169 e. The molecule has 1 aromatic carbocycles. The first kappa shape index (κ1) is 12.4. The Bertz CT molecular complexity index is 521. The van der Waals surface area contributed by atoms with Crippen molar-refractivity contribution >= 4 is 33.2 Å². The summed E-state index contributed by atoms with van der Waals surface area (Å²) in [5.41, 5.74) is 0.0561. The summed E-state index contributed by atoms with van der Waals surface area (Å²) < 4.78 is 32.0. The van der Waals surface area contributed by atoms with E-state index in [1.54, 1.807) is 12.1 Å². The molecule has 90 valence electrons. The Kier molecular flexibility index (Phi) is 3.69. The molecular weight excluding hydrogens is 315 g/mol. The van der Waals surface area contributed by atoms with Crippen LogP contribution in [0.5, 0.6) is 0 Å². The Balaban J connectivity index is 2.14. The maximum atomic E-state index is 13.4. The quantitative estimate of drug-likeness (QED) is 0.894. The Morgan fingerprint density at radius 2 is 2.06 bits per heavy atom. The number of hydrogen-bond acceptors (Lipinski definition) is 2. The highest BCUT2D eigenvalue weighted by Crippen LogP contribution is 2.27. The molecule has 0 aliphatic heterocycles. The number of furan rings is 1. The predicted octanol–water partition coefficient (Wildman–Crippen LogP) is 4.59. The average molecular weight is 323 g/mol. The van der Waals surface area contributed by atoms with Crippen molar-refractivity contribution in [1.82, 2.24) is 0 Å². The molecule has 0 aliphatic carbocycles. The monoisotopic (exact) mass is 321 g/mol. The Hall–Kier alpha value is -1.07. The number of rotatable bonds is 3. The number of halogens is 4. The van der Waals surface area contributed by atoms with Crippen LogP contribution in [0.1, 0.15) is 5.76 Å². The first-order valence-corrected chi connectivity index (χ1v) is 5.86. The molecule has 1 aromatic heterocycles. The fraction of sp³-hybridized carbons (Fsp3) is 0.0909. The predicted molar refractivity (Wildman–Crippen MR) is 65.1 cm³/mol. The molecule has 0 bridgehead atoms. The van der Waals surface area contributed by atoms with Crippen LogP contribution in [0.4, 0.5) is 14.5 Å². The standard InChI is InChI=1S/C11H7BrClF2NO/c12-10-2-1-7(17-10)5-16-11-8(13)3-6(14)4-9(11)15/h1-4,16H,5H2. The van der Waals surface area contributed by atoms with E-state index in [1.807, 2.05) is 0 Å². The summed E-state index contributed by atoms with van der Waals surface area (Å²) in [6.45, 7) is 0.258. The van der Waals surface area contributed by atoms with E-state index in [2.05, 4.69) is 21.2 Å². The number of hydrogen-bond donors (Lipinski definition) is 1. The van der Waals surface area contributed by atoms with Crippen molar-refractivity contribution in [3.05, 3.63) is 51.4 Å². The van der Waals surface area contributed by atoms with Crippen LogP contribution < -0.4 is 5.32 Å². The van der Waals surface area contributed by atoms with E-state index in [0.717, 1.165) is 12.1 Å². The second-order valence-corrected chi connectivity index (χ2v) is 4.49. The van der Waals surface area contributed by atoms with E-state index < -0.39 is 11.6 Å². The van der Waals surface area contributed by atoms with Crippen LogP contribution in [0.3, 0.4) is 0 Å². The minimum Gasteiger partial charge on any atom is -0.452 e. The van der Waals surface area contributed by atoms with Crippen molar-refractivity contribution in [3.8, 4) is 0 Å². The van der Waals surface area contributed by atoms with Gasteiger partial charge < -0.3 is 9.73 Å². The van der Waals surface area contributed by atoms with Crippen molar-refractivity contribution in [3.63, 3.8) is 0 Å². The van der Waals surface area contributed by atoms with E-state index in [9.17, 15) is 8.78 Å². The molecule has 2 aromatic rings. The van der Waals surface area contributed by atoms with Crippen molar-refractivity contribution in [2.75, 3.05) is 5.32 Å². The molecule has 0 atom stereocenters. The first-order valence-electron chi connectivity index (χ1n) is 4.69. The molecule has 0 unspecified atom stereocenters. The zero-order valence-corrected chi connectivity index (χ0v) is 10.8. The molecule has 1 heterocycles. The summed E-state index contributed by atoms with van der Waals surface area (Å²) in [6.07, 6.45) is 0. The summed E-state index contributed by atoms with van der Waals surface area (Å²) in [4.78, 5) is 0. The summed E-state index contributed by atoms with van der Waals surface area (Å²) in [5, 5.41) is 2.74. The van der Waals surface area contributed by atoms with Crippen LogP contribution >= 0.6 is 27.5 Å². The average Bonchev–Trinajstić information content (AvgIpc) is 2.62. The van der Waals surface area contributed by atoms with Gasteiger partial charge in [0.25, 0.3) is 0 Å². The topological polar surface area (TPSA) is 25.2 Å². The van der Waals surface area contributed by atoms with E-state index >= 15 is 0 Å². The highest BCUT2D eigenvalue weighted by Gasteiger charge is 2.10. The van der Waals surface area contributed by atoms with Crippen molar-refractivity contribution in [2.45, 2.75) is 6.54 Å². The molecule has 2 nitrogen and oxygen atoms in total. The minimum absolute atomic E-state index is 0.00637. The van der Waals surface area contributed by atoms with Crippen LogP contribution in [-0.2, 0) is 6.54 Å². The molecule has 0 saturated carbocycles. The van der Waals surface area contributed by atoms with Gasteiger partial charge in [0.1, 0.15) is 11.6 Å². The largest absolute Gasteiger partial charge is 0.452 e. The molecule has 2 rings (SSSR count). The molecular formula is C11H7BrClF2NO. The third kappa shape index (κ3) is 2.98. The third-order valence-electron chi connectivity index (χ3n) is 2.08. The molecule has 0 saturated heterocycles. The van der Waals surface area contributed by atoms with Gasteiger partial charge in [-0.05, 0) is 34.1 Å². The zero-order chi connectivity index (χ0) is 12.4. The molecule has 0 aliphatic rings. The van der Waals surface area contributed by atoms with E-state index in [-0.39, 0.29) is 17.3 Å². The van der Waals surface area contributed by atoms with Crippen LogP contribution in [0, 0.1) is 11.6 Å². The summed E-state index contributed by atoms with van der Waals surface area (Å²) in [6, 6.07) is 5.27. The van der Waals surface area contributed by atoms with Gasteiger partial charge in [0, 0.05) is 6.07 Å². The third-order valence-corrected chi connectivity index (χ3v) is 2.80. The molecule has 0 radical (unpaired) electrons. The minimum atomic E-state index is -0.736. The van der Waals surface area contributed by atoms with Crippen molar-refractivity contribution < 1.29 is 13.2 Å². The lowest BCUT2D eigenvalue weighted by molar-refractivity contribution is 0.495. The van der Waals surface area contributed by atoms with Crippen molar-refractivity contribution in [2.24, 2.45) is 0 Å². The maximum absolute atomic E-state index is 13.4. The van der Waals surface area contributed by atoms with Gasteiger partial charge >= 0.3 is 0 Å². The van der Waals surface area contributed by atoms with Gasteiger partial charge in [-0.1, -0.05) is 11.6 Å². The van der Waals surface area contributed by atoms with Gasteiger partial charge in [0.2, 0.25) is 0 Å². The highest BCUT2D eigenvalue weighted by atomic mass is 79.9. The summed E-state index contributed by atoms with van der Waals surface area (Å²) in [7, 11) is 0. The molecule has 0 amide bonds. The van der Waals surface area contributed by atoms with Gasteiger partial charge in [-0.25, -0.2) is 8.78 Å². The fourth-order valence-electron chi connectivity index (χ4n) is 1.33. The highest BCUT2D eigenvalue weighted by molar-refractivity contribution is 9.10. The lowest BCUT2D eigenvalue weighted by atomic mass is 10.3. The first-order chi connectivity index (χ1) is 8.06. The fourth-order valence-corrected chi connectivity index (χ4v) is 1.93.